The van der Waals surface area contributed by atoms with Crippen LogP contribution in [-0.2, 0) is 13.0 Å². The highest BCUT2D eigenvalue weighted by atomic mass is 19.1. The number of benzene rings is 1. The predicted octanol–water partition coefficient (Wildman–Crippen LogP) is 3.74. The number of hydrogen-bond acceptors (Lipinski definition) is 3. The highest BCUT2D eigenvalue weighted by molar-refractivity contribution is 5.87. The Hall–Kier alpha value is -2.31. The second-order valence-electron chi connectivity index (χ2n) is 7.50. The lowest BCUT2D eigenvalue weighted by Crippen LogP contribution is -2.31. The first kappa shape index (κ1) is 16.8. The Morgan fingerprint density at radius 3 is 2.81 bits per heavy atom. The molecule has 3 aromatic rings. The molecule has 5 rings (SSSR count). The molecule has 0 bridgehead atoms. The van der Waals surface area contributed by atoms with Crippen LogP contribution < -0.4 is 0 Å². The summed E-state index contributed by atoms with van der Waals surface area (Å²) in [6.07, 6.45) is 5.39. The van der Waals surface area contributed by atoms with Crippen LogP contribution in [-0.4, -0.2) is 32.6 Å². The van der Waals surface area contributed by atoms with Gasteiger partial charge in [-0.3, -0.25) is 9.88 Å². The number of halogens is 2. The van der Waals surface area contributed by atoms with Gasteiger partial charge in [0, 0.05) is 48.5 Å². The fourth-order valence-corrected chi connectivity index (χ4v) is 4.86. The van der Waals surface area contributed by atoms with Crippen molar-refractivity contribution in [2.45, 2.75) is 38.0 Å². The predicted molar refractivity (Wildman–Crippen MR) is 98.3 cm³/mol. The van der Waals surface area contributed by atoms with E-state index in [2.05, 4.69) is 9.88 Å². The maximum absolute atomic E-state index is 14.8. The Morgan fingerprint density at radius 1 is 1.19 bits per heavy atom. The molecule has 0 unspecified atom stereocenters. The van der Waals surface area contributed by atoms with Crippen LogP contribution in [0.4, 0.5) is 8.78 Å². The smallest absolute Gasteiger partial charge is 0.150 e. The van der Waals surface area contributed by atoms with Gasteiger partial charge in [0.15, 0.2) is 0 Å². The molecular weight excluding hydrogens is 348 g/mol. The summed E-state index contributed by atoms with van der Waals surface area (Å²) in [5.74, 6) is -1.12. The molecule has 0 amide bonds. The van der Waals surface area contributed by atoms with Gasteiger partial charge in [0.25, 0.3) is 0 Å². The quantitative estimate of drug-likeness (QED) is 0.765. The number of pyridine rings is 1. The standard InChI is InChI=1S/C21H21F2N3O/c22-14-10-15-20-17-2-1-8-25(17)9-5-18(20)26(21(15)16(23)11-14)12-19(27)13-3-6-24-7-4-13/h3-4,6-7,10-11,17,19,27H,1-2,5,8-9,12H2/t17-,19-/m1/s1. The third-order valence-electron chi connectivity index (χ3n) is 6.00. The molecule has 4 nitrogen and oxygen atoms in total. The highest BCUT2D eigenvalue weighted by Gasteiger charge is 2.36. The molecule has 1 aromatic carbocycles. The molecule has 0 radical (unpaired) electrons. The van der Waals surface area contributed by atoms with Crippen molar-refractivity contribution < 1.29 is 13.9 Å². The number of rotatable bonds is 3. The summed E-state index contributed by atoms with van der Waals surface area (Å²) in [6.45, 7) is 2.20. The third kappa shape index (κ3) is 2.66. The van der Waals surface area contributed by atoms with E-state index in [1.54, 1.807) is 24.5 Å². The Balaban J connectivity index is 1.68. The Morgan fingerprint density at radius 2 is 2.00 bits per heavy atom. The molecular formula is C21H21F2N3O. The summed E-state index contributed by atoms with van der Waals surface area (Å²) < 4.78 is 30.7. The molecule has 1 saturated heterocycles. The Bertz CT molecular complexity index is 1000. The van der Waals surface area contributed by atoms with Gasteiger partial charge < -0.3 is 9.67 Å². The Kier molecular flexibility index (Phi) is 3.98. The number of nitrogens with zero attached hydrogens (tertiary/aromatic N) is 3. The summed E-state index contributed by atoms with van der Waals surface area (Å²) in [6, 6.07) is 6.13. The molecule has 2 aliphatic rings. The van der Waals surface area contributed by atoms with Crippen molar-refractivity contribution in [2.75, 3.05) is 13.1 Å². The molecule has 1 fully saturated rings. The van der Waals surface area contributed by atoms with Crippen molar-refractivity contribution >= 4 is 10.9 Å². The molecule has 0 saturated carbocycles. The third-order valence-corrected chi connectivity index (χ3v) is 6.00. The van der Waals surface area contributed by atoms with Crippen molar-refractivity contribution in [2.24, 2.45) is 0 Å². The van der Waals surface area contributed by atoms with E-state index in [1.807, 2.05) is 4.57 Å². The first-order valence-electron chi connectivity index (χ1n) is 9.45. The fraction of sp³-hybridized carbons (Fsp3) is 0.381. The number of fused-ring (bicyclic) bond motifs is 5. The van der Waals surface area contributed by atoms with E-state index >= 15 is 0 Å². The zero-order chi connectivity index (χ0) is 18.5. The zero-order valence-electron chi connectivity index (χ0n) is 14.9. The molecule has 27 heavy (non-hydrogen) atoms. The summed E-state index contributed by atoms with van der Waals surface area (Å²) in [4.78, 5) is 6.39. The average molecular weight is 369 g/mol. The molecule has 2 atom stereocenters. The largest absolute Gasteiger partial charge is 0.387 e. The van der Waals surface area contributed by atoms with Gasteiger partial charge in [0.1, 0.15) is 11.6 Å². The second kappa shape index (κ2) is 6.39. The van der Waals surface area contributed by atoms with E-state index in [0.29, 0.717) is 10.9 Å². The van der Waals surface area contributed by atoms with Crippen molar-refractivity contribution in [1.29, 1.82) is 0 Å². The second-order valence-corrected chi connectivity index (χ2v) is 7.50. The van der Waals surface area contributed by atoms with Crippen LogP contribution in [0.5, 0.6) is 0 Å². The first-order chi connectivity index (χ1) is 13.1. The molecule has 0 aliphatic carbocycles. The van der Waals surface area contributed by atoms with Crippen LogP contribution in [0.2, 0.25) is 0 Å². The summed E-state index contributed by atoms with van der Waals surface area (Å²) >= 11 is 0. The lowest BCUT2D eigenvalue weighted by molar-refractivity contribution is 0.155. The summed E-state index contributed by atoms with van der Waals surface area (Å²) in [5, 5.41) is 11.4. The summed E-state index contributed by atoms with van der Waals surface area (Å²) in [7, 11) is 0. The minimum Gasteiger partial charge on any atom is -0.387 e. The van der Waals surface area contributed by atoms with Crippen molar-refractivity contribution in [3.05, 3.63) is 65.1 Å². The molecule has 0 spiro atoms. The minimum absolute atomic E-state index is 0.219. The van der Waals surface area contributed by atoms with Crippen LogP contribution >= 0.6 is 0 Å². The number of aliphatic hydroxyl groups is 1. The van der Waals surface area contributed by atoms with Crippen molar-refractivity contribution in [3.8, 4) is 0 Å². The average Bonchev–Trinajstić information content (AvgIpc) is 3.25. The number of aliphatic hydroxyl groups excluding tert-OH is 1. The lowest BCUT2D eigenvalue weighted by atomic mass is 9.96. The van der Waals surface area contributed by atoms with E-state index < -0.39 is 17.7 Å². The van der Waals surface area contributed by atoms with Gasteiger partial charge in [-0.2, -0.15) is 0 Å². The van der Waals surface area contributed by atoms with E-state index in [-0.39, 0.29) is 12.6 Å². The first-order valence-corrected chi connectivity index (χ1v) is 9.45. The number of hydrogen-bond donors (Lipinski definition) is 1. The van der Waals surface area contributed by atoms with Gasteiger partial charge in [0.05, 0.1) is 18.2 Å². The van der Waals surface area contributed by atoms with Gasteiger partial charge in [0.2, 0.25) is 0 Å². The number of aromatic nitrogens is 2. The van der Waals surface area contributed by atoms with E-state index in [9.17, 15) is 13.9 Å². The van der Waals surface area contributed by atoms with Gasteiger partial charge in [-0.05, 0) is 48.7 Å². The van der Waals surface area contributed by atoms with E-state index in [4.69, 9.17) is 0 Å². The van der Waals surface area contributed by atoms with Crippen LogP contribution in [0.25, 0.3) is 10.9 Å². The van der Waals surface area contributed by atoms with Gasteiger partial charge >= 0.3 is 0 Å². The van der Waals surface area contributed by atoms with Gasteiger partial charge in [-0.25, -0.2) is 8.78 Å². The molecule has 4 heterocycles. The summed E-state index contributed by atoms with van der Waals surface area (Å²) in [5.41, 5.74) is 3.23. The van der Waals surface area contributed by atoms with E-state index in [1.165, 1.54) is 6.07 Å². The van der Waals surface area contributed by atoms with Crippen LogP contribution in [0.3, 0.4) is 0 Å². The maximum Gasteiger partial charge on any atom is 0.150 e. The minimum atomic E-state index is -0.779. The van der Waals surface area contributed by atoms with Crippen molar-refractivity contribution in [3.63, 3.8) is 0 Å². The fourth-order valence-electron chi connectivity index (χ4n) is 4.86. The molecule has 140 valence electrons. The topological polar surface area (TPSA) is 41.3 Å². The molecule has 2 aliphatic heterocycles. The van der Waals surface area contributed by atoms with Crippen molar-refractivity contribution in [1.82, 2.24) is 14.5 Å². The SMILES string of the molecule is O[C@H](Cn1c2c(c3cc(F)cc(F)c31)[C@H]1CCCN1CC2)c1ccncc1. The molecule has 1 N–H and O–H groups in total. The molecule has 6 heteroatoms. The zero-order valence-corrected chi connectivity index (χ0v) is 14.9. The van der Waals surface area contributed by atoms with Gasteiger partial charge in [-0.15, -0.1) is 0 Å². The van der Waals surface area contributed by atoms with E-state index in [0.717, 1.165) is 55.2 Å². The monoisotopic (exact) mass is 369 g/mol. The van der Waals surface area contributed by atoms with Gasteiger partial charge in [-0.1, -0.05) is 0 Å². The lowest BCUT2D eigenvalue weighted by Gasteiger charge is -2.31. The molecule has 2 aromatic heterocycles. The Labute approximate surface area is 156 Å². The normalized spacial score (nSPS) is 20.6. The van der Waals surface area contributed by atoms with Crippen LogP contribution in [0, 0.1) is 11.6 Å². The van der Waals surface area contributed by atoms with Crippen LogP contribution in [0.15, 0.2) is 36.7 Å². The van der Waals surface area contributed by atoms with Crippen LogP contribution in [0.1, 0.15) is 41.8 Å². The highest BCUT2D eigenvalue weighted by Crippen LogP contribution is 2.44. The maximum atomic E-state index is 14.8.